The van der Waals surface area contributed by atoms with E-state index in [-0.39, 0.29) is 11.9 Å². The summed E-state index contributed by atoms with van der Waals surface area (Å²) in [7, 11) is 2.00. The van der Waals surface area contributed by atoms with Crippen LogP contribution in [0, 0.1) is 0 Å². The van der Waals surface area contributed by atoms with Crippen LogP contribution in [0.5, 0.6) is 0 Å². The van der Waals surface area contributed by atoms with Crippen molar-refractivity contribution in [2.45, 2.75) is 25.4 Å². The summed E-state index contributed by atoms with van der Waals surface area (Å²) in [6, 6.07) is 15.1. The third-order valence-electron chi connectivity index (χ3n) is 6.12. The molecule has 1 atom stereocenters. The van der Waals surface area contributed by atoms with Gasteiger partial charge in [0.15, 0.2) is 5.82 Å². The second-order valence-electron chi connectivity index (χ2n) is 7.98. The van der Waals surface area contributed by atoms with Gasteiger partial charge in [0.2, 0.25) is 11.9 Å². The number of fused-ring (bicyclic) bond motifs is 1. The molecule has 3 aromatic rings. The smallest absolute Gasteiger partial charge is 0.227 e. The summed E-state index contributed by atoms with van der Waals surface area (Å²) in [5, 5.41) is 14.4. The Bertz CT molecular complexity index is 1030. The molecule has 1 aromatic heterocycles. The highest BCUT2D eigenvalue weighted by molar-refractivity contribution is 5.85. The number of carbonyl (C=O) groups excluding carboxylic acids is 1. The molecular weight excluding hydrogens is 364 g/mol. The van der Waals surface area contributed by atoms with Crippen molar-refractivity contribution >= 4 is 22.6 Å². The Balaban J connectivity index is 1.25. The van der Waals surface area contributed by atoms with Gasteiger partial charge in [-0.15, -0.1) is 10.2 Å². The Kier molecular flexibility index (Phi) is 4.67. The van der Waals surface area contributed by atoms with Crippen LogP contribution in [-0.2, 0) is 18.4 Å². The van der Waals surface area contributed by atoms with Crippen LogP contribution in [0.4, 0.5) is 5.95 Å². The van der Waals surface area contributed by atoms with Crippen LogP contribution in [0.1, 0.15) is 30.3 Å². The molecule has 1 amide bonds. The number of hydrogen-bond acceptors (Lipinski definition) is 5. The van der Waals surface area contributed by atoms with E-state index < -0.39 is 0 Å². The SMILES string of the molecule is Cn1c(C2CCC(=O)N2)nnc1N1CCN(Cc2cccc3ccccc23)CC1. The number of amides is 1. The molecule has 7 nitrogen and oxygen atoms in total. The van der Waals surface area contributed by atoms with Gasteiger partial charge in [-0.3, -0.25) is 14.3 Å². The van der Waals surface area contributed by atoms with Crippen molar-refractivity contribution in [3.63, 3.8) is 0 Å². The summed E-state index contributed by atoms with van der Waals surface area (Å²) in [4.78, 5) is 16.3. The number of benzene rings is 2. The van der Waals surface area contributed by atoms with Gasteiger partial charge < -0.3 is 10.2 Å². The molecule has 2 fully saturated rings. The van der Waals surface area contributed by atoms with E-state index in [1.807, 2.05) is 11.6 Å². The monoisotopic (exact) mass is 390 g/mol. The van der Waals surface area contributed by atoms with E-state index in [2.05, 4.69) is 67.8 Å². The van der Waals surface area contributed by atoms with E-state index >= 15 is 0 Å². The molecular formula is C22H26N6O. The highest BCUT2D eigenvalue weighted by Gasteiger charge is 2.29. The quantitative estimate of drug-likeness (QED) is 0.740. The predicted octanol–water partition coefficient (Wildman–Crippen LogP) is 2.24. The molecule has 1 unspecified atom stereocenters. The molecule has 2 aliphatic heterocycles. The summed E-state index contributed by atoms with van der Waals surface area (Å²) in [5.74, 6) is 1.84. The molecule has 2 aliphatic rings. The largest absolute Gasteiger partial charge is 0.346 e. The van der Waals surface area contributed by atoms with Gasteiger partial charge >= 0.3 is 0 Å². The number of nitrogens with zero attached hydrogens (tertiary/aromatic N) is 5. The topological polar surface area (TPSA) is 66.3 Å². The van der Waals surface area contributed by atoms with Crippen molar-refractivity contribution in [2.75, 3.05) is 31.1 Å². The van der Waals surface area contributed by atoms with Crippen LogP contribution in [0.25, 0.3) is 10.8 Å². The number of rotatable bonds is 4. The Morgan fingerprint density at radius 1 is 1.03 bits per heavy atom. The lowest BCUT2D eigenvalue weighted by Gasteiger charge is -2.35. The van der Waals surface area contributed by atoms with Gasteiger partial charge in [-0.25, -0.2) is 0 Å². The second kappa shape index (κ2) is 7.48. The molecule has 0 bridgehead atoms. The van der Waals surface area contributed by atoms with Crippen LogP contribution < -0.4 is 10.2 Å². The first-order chi connectivity index (χ1) is 14.2. The van der Waals surface area contributed by atoms with Crippen molar-refractivity contribution in [1.29, 1.82) is 0 Å². The molecule has 0 saturated carbocycles. The van der Waals surface area contributed by atoms with Gasteiger partial charge in [0.25, 0.3) is 0 Å². The van der Waals surface area contributed by atoms with Crippen LogP contribution in [0.2, 0.25) is 0 Å². The zero-order chi connectivity index (χ0) is 19.8. The third kappa shape index (κ3) is 3.46. The molecule has 1 N–H and O–H groups in total. The molecule has 0 aliphatic carbocycles. The fourth-order valence-electron chi connectivity index (χ4n) is 4.50. The minimum absolute atomic E-state index is 0.0126. The number of piperazine rings is 1. The standard InChI is InChI=1S/C22H26N6O/c1-26-21(19-9-10-20(29)23-19)24-25-22(26)28-13-11-27(12-14-28)15-17-7-4-6-16-5-2-3-8-18(16)17/h2-8,19H,9-15H2,1H3,(H,23,29). The van der Waals surface area contributed by atoms with Crippen LogP contribution >= 0.6 is 0 Å². The molecule has 0 radical (unpaired) electrons. The first kappa shape index (κ1) is 18.1. The van der Waals surface area contributed by atoms with E-state index in [1.54, 1.807) is 0 Å². The van der Waals surface area contributed by atoms with Crippen molar-refractivity contribution in [2.24, 2.45) is 7.05 Å². The summed E-state index contributed by atoms with van der Waals surface area (Å²) >= 11 is 0. The van der Waals surface area contributed by atoms with Crippen LogP contribution in [0.15, 0.2) is 42.5 Å². The molecule has 29 heavy (non-hydrogen) atoms. The van der Waals surface area contributed by atoms with E-state index in [4.69, 9.17) is 0 Å². The van der Waals surface area contributed by atoms with E-state index in [1.165, 1.54) is 16.3 Å². The number of aromatic nitrogens is 3. The van der Waals surface area contributed by atoms with E-state index in [0.717, 1.165) is 50.9 Å². The van der Waals surface area contributed by atoms with Gasteiger partial charge in [-0.2, -0.15) is 0 Å². The first-order valence-electron chi connectivity index (χ1n) is 10.3. The summed E-state index contributed by atoms with van der Waals surface area (Å²) in [6.45, 7) is 4.80. The zero-order valence-electron chi connectivity index (χ0n) is 16.7. The van der Waals surface area contributed by atoms with Gasteiger partial charge in [0, 0.05) is 46.2 Å². The van der Waals surface area contributed by atoms with Crippen LogP contribution in [-0.4, -0.2) is 51.8 Å². The van der Waals surface area contributed by atoms with Crippen molar-refractivity contribution in [3.05, 3.63) is 53.9 Å². The number of anilines is 1. The molecule has 2 aromatic carbocycles. The van der Waals surface area contributed by atoms with Crippen molar-refractivity contribution < 1.29 is 4.79 Å². The van der Waals surface area contributed by atoms with E-state index in [0.29, 0.717) is 6.42 Å². The maximum atomic E-state index is 11.5. The number of carbonyl (C=O) groups is 1. The molecule has 150 valence electrons. The predicted molar refractivity (Wildman–Crippen MR) is 113 cm³/mol. The average molecular weight is 390 g/mol. The average Bonchev–Trinajstić information content (AvgIpc) is 3.34. The summed E-state index contributed by atoms with van der Waals surface area (Å²) in [6.07, 6.45) is 1.36. The Labute approximate surface area is 170 Å². The first-order valence-corrected chi connectivity index (χ1v) is 10.3. The maximum Gasteiger partial charge on any atom is 0.227 e. The highest BCUT2D eigenvalue weighted by Crippen LogP contribution is 2.25. The Morgan fingerprint density at radius 3 is 2.62 bits per heavy atom. The van der Waals surface area contributed by atoms with Gasteiger partial charge in [0.05, 0.1) is 6.04 Å². The fourth-order valence-corrected chi connectivity index (χ4v) is 4.50. The summed E-state index contributed by atoms with van der Waals surface area (Å²) < 4.78 is 2.04. The third-order valence-corrected chi connectivity index (χ3v) is 6.12. The van der Waals surface area contributed by atoms with Crippen LogP contribution in [0.3, 0.4) is 0 Å². The fraction of sp³-hybridized carbons (Fsp3) is 0.409. The molecule has 7 heteroatoms. The van der Waals surface area contributed by atoms with Crippen molar-refractivity contribution in [3.8, 4) is 0 Å². The normalized spacial score (nSPS) is 20.4. The Hall–Kier alpha value is -2.93. The lowest BCUT2D eigenvalue weighted by Crippen LogP contribution is -2.46. The minimum atomic E-state index is -0.0126. The number of nitrogens with one attached hydrogen (secondary N) is 1. The van der Waals surface area contributed by atoms with Gasteiger partial charge in [0.1, 0.15) is 0 Å². The molecule has 2 saturated heterocycles. The lowest BCUT2D eigenvalue weighted by atomic mass is 10.0. The zero-order valence-corrected chi connectivity index (χ0v) is 16.7. The lowest BCUT2D eigenvalue weighted by molar-refractivity contribution is -0.119. The molecule has 3 heterocycles. The molecule has 5 rings (SSSR count). The van der Waals surface area contributed by atoms with Gasteiger partial charge in [-0.1, -0.05) is 42.5 Å². The van der Waals surface area contributed by atoms with Crippen molar-refractivity contribution in [1.82, 2.24) is 25.0 Å². The highest BCUT2D eigenvalue weighted by atomic mass is 16.1. The maximum absolute atomic E-state index is 11.5. The summed E-state index contributed by atoms with van der Waals surface area (Å²) in [5.41, 5.74) is 1.38. The Morgan fingerprint density at radius 2 is 1.83 bits per heavy atom. The second-order valence-corrected chi connectivity index (χ2v) is 7.98. The molecule has 0 spiro atoms. The number of hydrogen-bond donors (Lipinski definition) is 1. The van der Waals surface area contributed by atoms with E-state index in [9.17, 15) is 4.79 Å². The minimum Gasteiger partial charge on any atom is -0.346 e. The van der Waals surface area contributed by atoms with Gasteiger partial charge in [-0.05, 0) is 22.8 Å².